The summed E-state index contributed by atoms with van der Waals surface area (Å²) in [5.41, 5.74) is 6.22. The van der Waals surface area contributed by atoms with Crippen LogP contribution < -0.4 is 5.73 Å². The fourth-order valence-electron chi connectivity index (χ4n) is 1.85. The number of rotatable bonds is 3. The topological polar surface area (TPSA) is 26.0 Å². The summed E-state index contributed by atoms with van der Waals surface area (Å²) in [6.45, 7) is 0. The van der Waals surface area contributed by atoms with Crippen LogP contribution in [0.3, 0.4) is 0 Å². The van der Waals surface area contributed by atoms with Crippen LogP contribution in [-0.4, -0.2) is 0 Å². The first-order valence-electron chi connectivity index (χ1n) is 5.62. The molecule has 2 aromatic carbocycles. The first-order chi connectivity index (χ1) is 8.99. The molecule has 2 N–H and O–H groups in total. The Bertz CT molecular complexity index is 601. The molecule has 0 aromatic heterocycles. The Hall–Kier alpha value is -1.33. The predicted octanol–water partition coefficient (Wildman–Crippen LogP) is 4.11. The second-order valence-electron chi connectivity index (χ2n) is 4.19. The third-order valence-corrected chi connectivity index (χ3v) is 3.32. The highest BCUT2D eigenvalue weighted by molar-refractivity contribution is 9.10. The van der Waals surface area contributed by atoms with Gasteiger partial charge >= 0.3 is 0 Å². The summed E-state index contributed by atoms with van der Waals surface area (Å²) in [6, 6.07) is 7.43. The van der Waals surface area contributed by atoms with Crippen molar-refractivity contribution in [2.24, 2.45) is 5.73 Å². The normalized spacial score (nSPS) is 12.5. The molecule has 0 aliphatic carbocycles. The van der Waals surface area contributed by atoms with Gasteiger partial charge < -0.3 is 5.73 Å². The van der Waals surface area contributed by atoms with Gasteiger partial charge in [0, 0.05) is 16.1 Å². The quantitative estimate of drug-likeness (QED) is 0.901. The molecule has 1 nitrogen and oxygen atoms in total. The molecule has 19 heavy (non-hydrogen) atoms. The highest BCUT2D eigenvalue weighted by atomic mass is 79.9. The van der Waals surface area contributed by atoms with E-state index in [1.807, 2.05) is 0 Å². The average molecular weight is 330 g/mol. The van der Waals surface area contributed by atoms with Crippen molar-refractivity contribution in [3.63, 3.8) is 0 Å². The Labute approximate surface area is 117 Å². The van der Waals surface area contributed by atoms with Crippen molar-refractivity contribution >= 4 is 15.9 Å². The molecular weight excluding hydrogens is 319 g/mol. The first kappa shape index (κ1) is 14.1. The molecule has 2 aromatic rings. The largest absolute Gasteiger partial charge is 0.324 e. The van der Waals surface area contributed by atoms with Crippen LogP contribution in [-0.2, 0) is 6.42 Å². The molecule has 100 valence electrons. The predicted molar refractivity (Wildman–Crippen MR) is 71.1 cm³/mol. The van der Waals surface area contributed by atoms with E-state index in [0.29, 0.717) is 10.0 Å². The molecule has 0 amide bonds. The smallest absolute Gasteiger partial charge is 0.163 e. The van der Waals surface area contributed by atoms with Gasteiger partial charge in [-0.1, -0.05) is 28.1 Å². The first-order valence-corrected chi connectivity index (χ1v) is 6.41. The summed E-state index contributed by atoms with van der Waals surface area (Å²) in [5, 5.41) is 0. The van der Waals surface area contributed by atoms with Crippen LogP contribution >= 0.6 is 15.9 Å². The van der Waals surface area contributed by atoms with Crippen LogP contribution in [0.4, 0.5) is 13.2 Å². The van der Waals surface area contributed by atoms with E-state index in [0.717, 1.165) is 6.07 Å². The van der Waals surface area contributed by atoms with E-state index in [9.17, 15) is 13.2 Å². The Morgan fingerprint density at radius 2 is 1.79 bits per heavy atom. The second kappa shape index (κ2) is 5.75. The summed E-state index contributed by atoms with van der Waals surface area (Å²) in [4.78, 5) is 0. The monoisotopic (exact) mass is 329 g/mol. The maximum Gasteiger partial charge on any atom is 0.163 e. The molecule has 2 rings (SSSR count). The van der Waals surface area contributed by atoms with Crippen molar-refractivity contribution in [2.75, 3.05) is 0 Å². The van der Waals surface area contributed by atoms with Crippen LogP contribution in [0.1, 0.15) is 17.2 Å². The molecule has 5 heteroatoms. The number of hydrogen-bond donors (Lipinski definition) is 1. The van der Waals surface area contributed by atoms with Crippen LogP contribution in [0.25, 0.3) is 0 Å². The van der Waals surface area contributed by atoms with Crippen molar-refractivity contribution in [1.82, 2.24) is 0 Å². The van der Waals surface area contributed by atoms with E-state index in [1.165, 1.54) is 18.2 Å². The van der Waals surface area contributed by atoms with Gasteiger partial charge in [0.05, 0.1) is 0 Å². The lowest BCUT2D eigenvalue weighted by Crippen LogP contribution is -2.16. The summed E-state index contributed by atoms with van der Waals surface area (Å²) in [6.07, 6.45) is 0.0889. The molecule has 0 radical (unpaired) electrons. The number of nitrogens with two attached hydrogens (primary N) is 1. The standard InChI is InChI=1S/C14H11BrF3N/c15-9-4-5-11(16)8(6-9)7-13(19)10-2-1-3-12(17)14(10)18/h1-6,13H,7,19H2. The molecule has 0 saturated carbocycles. The third kappa shape index (κ3) is 3.16. The maximum absolute atomic E-state index is 13.6. The highest BCUT2D eigenvalue weighted by Crippen LogP contribution is 2.24. The lowest BCUT2D eigenvalue weighted by molar-refractivity contribution is 0.486. The lowest BCUT2D eigenvalue weighted by Gasteiger charge is -2.14. The van der Waals surface area contributed by atoms with E-state index in [4.69, 9.17) is 5.73 Å². The van der Waals surface area contributed by atoms with Crippen molar-refractivity contribution in [3.05, 3.63) is 69.4 Å². The summed E-state index contributed by atoms with van der Waals surface area (Å²) >= 11 is 3.23. The van der Waals surface area contributed by atoms with Gasteiger partial charge in [0.2, 0.25) is 0 Å². The van der Waals surface area contributed by atoms with Crippen LogP contribution in [0, 0.1) is 17.5 Å². The zero-order valence-corrected chi connectivity index (χ0v) is 11.4. The Morgan fingerprint density at radius 1 is 1.05 bits per heavy atom. The fraction of sp³-hybridized carbons (Fsp3) is 0.143. The van der Waals surface area contributed by atoms with Crippen LogP contribution in [0.5, 0.6) is 0 Å². The summed E-state index contributed by atoms with van der Waals surface area (Å²) in [7, 11) is 0. The third-order valence-electron chi connectivity index (χ3n) is 2.83. The zero-order valence-electron chi connectivity index (χ0n) is 9.84. The Morgan fingerprint density at radius 3 is 2.53 bits per heavy atom. The Balaban J connectivity index is 2.28. The average Bonchev–Trinajstić information content (AvgIpc) is 2.37. The zero-order chi connectivity index (χ0) is 14.0. The molecule has 0 heterocycles. The van der Waals surface area contributed by atoms with Gasteiger partial charge in [0.25, 0.3) is 0 Å². The number of halogens is 4. The van der Waals surface area contributed by atoms with Gasteiger partial charge in [-0.2, -0.15) is 0 Å². The Kier molecular flexibility index (Phi) is 4.27. The molecule has 0 aliphatic heterocycles. The van der Waals surface area contributed by atoms with Crippen LogP contribution in [0.2, 0.25) is 0 Å². The van der Waals surface area contributed by atoms with Gasteiger partial charge in [-0.3, -0.25) is 0 Å². The number of benzene rings is 2. The van der Waals surface area contributed by atoms with E-state index < -0.39 is 23.5 Å². The maximum atomic E-state index is 13.6. The molecular formula is C14H11BrF3N. The fourth-order valence-corrected chi connectivity index (χ4v) is 2.26. The molecule has 0 saturated heterocycles. The molecule has 0 fully saturated rings. The van der Waals surface area contributed by atoms with Gasteiger partial charge in [-0.05, 0) is 36.2 Å². The van der Waals surface area contributed by atoms with E-state index in [2.05, 4.69) is 15.9 Å². The van der Waals surface area contributed by atoms with Gasteiger partial charge in [0.15, 0.2) is 11.6 Å². The molecule has 0 spiro atoms. The van der Waals surface area contributed by atoms with Crippen molar-refractivity contribution in [2.45, 2.75) is 12.5 Å². The van der Waals surface area contributed by atoms with Gasteiger partial charge in [-0.25, -0.2) is 13.2 Å². The molecule has 0 bridgehead atoms. The summed E-state index contributed by atoms with van der Waals surface area (Å²) < 4.78 is 41.0. The second-order valence-corrected chi connectivity index (χ2v) is 5.11. The van der Waals surface area contributed by atoms with E-state index >= 15 is 0 Å². The van der Waals surface area contributed by atoms with E-state index in [1.54, 1.807) is 12.1 Å². The van der Waals surface area contributed by atoms with Crippen molar-refractivity contribution in [1.29, 1.82) is 0 Å². The van der Waals surface area contributed by atoms with Gasteiger partial charge in [0.1, 0.15) is 5.82 Å². The molecule has 1 unspecified atom stereocenters. The van der Waals surface area contributed by atoms with E-state index in [-0.39, 0.29) is 12.0 Å². The van der Waals surface area contributed by atoms with Gasteiger partial charge in [-0.15, -0.1) is 0 Å². The van der Waals surface area contributed by atoms with Crippen molar-refractivity contribution < 1.29 is 13.2 Å². The number of hydrogen-bond acceptors (Lipinski definition) is 1. The minimum Gasteiger partial charge on any atom is -0.324 e. The molecule has 1 atom stereocenters. The molecule has 0 aliphatic rings. The minimum atomic E-state index is -0.981. The lowest BCUT2D eigenvalue weighted by atomic mass is 9.99. The highest BCUT2D eigenvalue weighted by Gasteiger charge is 2.16. The minimum absolute atomic E-state index is 0.0411. The van der Waals surface area contributed by atoms with Crippen LogP contribution in [0.15, 0.2) is 40.9 Å². The summed E-state index contributed by atoms with van der Waals surface area (Å²) in [5.74, 6) is -2.36. The SMILES string of the molecule is NC(Cc1cc(Br)ccc1F)c1cccc(F)c1F. The van der Waals surface area contributed by atoms with Crippen molar-refractivity contribution in [3.8, 4) is 0 Å².